The minimum atomic E-state index is -0.0659. The van der Waals surface area contributed by atoms with E-state index >= 15 is 0 Å². The average Bonchev–Trinajstić information content (AvgIpc) is 3.31. The maximum Gasteiger partial charge on any atom is 0.150 e. The van der Waals surface area contributed by atoms with Crippen molar-refractivity contribution in [2.24, 2.45) is 0 Å². The molecule has 2 aliphatic rings. The van der Waals surface area contributed by atoms with Crippen LogP contribution < -0.4 is 5.73 Å². The van der Waals surface area contributed by atoms with E-state index in [4.69, 9.17) is 32.3 Å². The Kier molecular flexibility index (Phi) is 4.32. The zero-order chi connectivity index (χ0) is 19.4. The van der Waals surface area contributed by atoms with Crippen LogP contribution >= 0.6 is 11.6 Å². The van der Waals surface area contributed by atoms with E-state index in [1.54, 1.807) is 6.20 Å². The molecule has 7 nitrogen and oxygen atoms in total. The number of nitrogens with two attached hydrogens (primary N) is 1. The minimum Gasteiger partial charge on any atom is -0.383 e. The van der Waals surface area contributed by atoms with Gasteiger partial charge in [0.1, 0.15) is 11.5 Å². The van der Waals surface area contributed by atoms with Crippen LogP contribution in [0.1, 0.15) is 69.8 Å². The monoisotopic (exact) mass is 400 g/mol. The first-order chi connectivity index (χ1) is 13.5. The van der Waals surface area contributed by atoms with Crippen molar-refractivity contribution >= 4 is 28.3 Å². The van der Waals surface area contributed by atoms with Crippen LogP contribution in [0.3, 0.4) is 0 Å². The highest BCUT2D eigenvalue weighted by Gasteiger charge is 2.32. The summed E-state index contributed by atoms with van der Waals surface area (Å²) < 4.78 is 10.00. The van der Waals surface area contributed by atoms with E-state index in [2.05, 4.69) is 24.9 Å². The number of hydrogen-bond acceptors (Lipinski definition) is 5. The van der Waals surface area contributed by atoms with Gasteiger partial charge in [0.05, 0.1) is 33.5 Å². The summed E-state index contributed by atoms with van der Waals surface area (Å²) in [7, 11) is 0. The first-order valence-electron chi connectivity index (χ1n) is 10.1. The Labute approximate surface area is 168 Å². The molecular formula is C20H25ClN6O. The van der Waals surface area contributed by atoms with Gasteiger partial charge in [0.2, 0.25) is 0 Å². The van der Waals surface area contributed by atoms with Gasteiger partial charge in [-0.25, -0.2) is 9.67 Å². The highest BCUT2D eigenvalue weighted by molar-refractivity contribution is 6.35. The summed E-state index contributed by atoms with van der Waals surface area (Å²) in [6.07, 6.45) is 7.11. The number of anilines is 1. The smallest absolute Gasteiger partial charge is 0.150 e. The summed E-state index contributed by atoms with van der Waals surface area (Å²) in [6, 6.07) is 2.29. The quantitative estimate of drug-likeness (QED) is 0.686. The van der Waals surface area contributed by atoms with E-state index in [1.807, 2.05) is 9.36 Å². The maximum atomic E-state index is 6.51. The molecule has 2 fully saturated rings. The molecule has 28 heavy (non-hydrogen) atoms. The molecule has 148 valence electrons. The molecule has 0 bridgehead atoms. The Morgan fingerprint density at radius 1 is 1.21 bits per heavy atom. The fourth-order valence-corrected chi connectivity index (χ4v) is 4.25. The summed E-state index contributed by atoms with van der Waals surface area (Å²) in [5, 5.41) is 11.2. The maximum absolute atomic E-state index is 6.51. The van der Waals surface area contributed by atoms with Gasteiger partial charge < -0.3 is 10.5 Å². The molecule has 1 saturated carbocycles. The topological polar surface area (TPSA) is 83.8 Å². The van der Waals surface area contributed by atoms with Crippen molar-refractivity contribution in [2.45, 2.75) is 64.1 Å². The van der Waals surface area contributed by atoms with Crippen molar-refractivity contribution in [1.82, 2.24) is 24.5 Å². The lowest BCUT2D eigenvalue weighted by Gasteiger charge is -2.24. The molecule has 0 amide bonds. The highest BCUT2D eigenvalue weighted by Crippen LogP contribution is 2.43. The summed E-state index contributed by atoms with van der Waals surface area (Å²) in [5.41, 5.74) is 9.96. The zero-order valence-corrected chi connectivity index (χ0v) is 17.0. The molecule has 8 heteroatoms. The SMILES string of the molecule is CC(C)n1nc(-c2cc(C3CC3)nn2C2CCCCO2)c2c(N)ncc(Cl)c21. The summed E-state index contributed by atoms with van der Waals surface area (Å²) >= 11 is 6.51. The predicted octanol–water partition coefficient (Wildman–Crippen LogP) is 4.69. The number of halogens is 1. The van der Waals surface area contributed by atoms with E-state index < -0.39 is 0 Å². The number of nitrogen functional groups attached to an aromatic ring is 1. The number of fused-ring (bicyclic) bond motifs is 1. The van der Waals surface area contributed by atoms with Crippen LogP contribution in [0.25, 0.3) is 22.3 Å². The highest BCUT2D eigenvalue weighted by atomic mass is 35.5. The van der Waals surface area contributed by atoms with Crippen LogP contribution in [0.15, 0.2) is 12.3 Å². The standard InChI is InChI=1S/C20H25ClN6O/c1-11(2)26-19-13(21)10-23-20(22)17(19)18(25-26)15-9-14(12-6-7-12)24-27(15)16-5-3-4-8-28-16/h9-12,16H,3-8H2,1-2H3,(H2,22,23). The molecular weight excluding hydrogens is 376 g/mol. The fourth-order valence-electron chi connectivity index (χ4n) is 4.02. The Morgan fingerprint density at radius 2 is 2.04 bits per heavy atom. The zero-order valence-electron chi connectivity index (χ0n) is 16.2. The summed E-state index contributed by atoms with van der Waals surface area (Å²) in [5.74, 6) is 0.979. The van der Waals surface area contributed by atoms with Crippen LogP contribution in [-0.2, 0) is 4.74 Å². The van der Waals surface area contributed by atoms with E-state index in [-0.39, 0.29) is 12.3 Å². The van der Waals surface area contributed by atoms with Gasteiger partial charge >= 0.3 is 0 Å². The molecule has 0 aromatic carbocycles. The number of ether oxygens (including phenoxy) is 1. The minimum absolute atomic E-state index is 0.0659. The van der Waals surface area contributed by atoms with Crippen LogP contribution in [0.2, 0.25) is 5.02 Å². The van der Waals surface area contributed by atoms with Crippen molar-refractivity contribution in [1.29, 1.82) is 0 Å². The van der Waals surface area contributed by atoms with Crippen molar-refractivity contribution in [3.8, 4) is 11.4 Å². The molecule has 1 aliphatic heterocycles. The van der Waals surface area contributed by atoms with Gasteiger partial charge in [-0.15, -0.1) is 0 Å². The molecule has 1 aliphatic carbocycles. The molecule has 0 radical (unpaired) electrons. The molecule has 1 atom stereocenters. The Morgan fingerprint density at radius 3 is 2.71 bits per heavy atom. The van der Waals surface area contributed by atoms with Crippen molar-refractivity contribution in [3.05, 3.63) is 23.0 Å². The van der Waals surface area contributed by atoms with Crippen molar-refractivity contribution in [3.63, 3.8) is 0 Å². The van der Waals surface area contributed by atoms with Gasteiger partial charge in [0, 0.05) is 18.6 Å². The second-order valence-electron chi connectivity index (χ2n) is 8.10. The van der Waals surface area contributed by atoms with Crippen molar-refractivity contribution in [2.75, 3.05) is 12.3 Å². The molecule has 3 aromatic heterocycles. The van der Waals surface area contributed by atoms with E-state index in [9.17, 15) is 0 Å². The molecule has 4 heterocycles. The van der Waals surface area contributed by atoms with Crippen LogP contribution in [0, 0.1) is 0 Å². The third-order valence-electron chi connectivity index (χ3n) is 5.62. The second kappa shape index (κ2) is 6.74. The van der Waals surface area contributed by atoms with Crippen LogP contribution in [0.5, 0.6) is 0 Å². The largest absolute Gasteiger partial charge is 0.383 e. The van der Waals surface area contributed by atoms with Crippen LogP contribution in [0.4, 0.5) is 5.82 Å². The molecule has 5 rings (SSSR count). The lowest BCUT2D eigenvalue weighted by molar-refractivity contribution is -0.0385. The van der Waals surface area contributed by atoms with E-state index in [1.165, 1.54) is 12.8 Å². The van der Waals surface area contributed by atoms with Crippen molar-refractivity contribution < 1.29 is 4.74 Å². The molecule has 3 aromatic rings. The Bertz CT molecular complexity index is 1030. The van der Waals surface area contributed by atoms with E-state index in [0.717, 1.165) is 53.9 Å². The summed E-state index contributed by atoms with van der Waals surface area (Å²) in [6.45, 7) is 4.93. The van der Waals surface area contributed by atoms with Crippen LogP contribution in [-0.4, -0.2) is 31.2 Å². The van der Waals surface area contributed by atoms with Gasteiger partial charge in [0.15, 0.2) is 6.23 Å². The molecule has 0 spiro atoms. The first-order valence-corrected chi connectivity index (χ1v) is 10.5. The number of pyridine rings is 1. The van der Waals surface area contributed by atoms with Gasteiger partial charge in [-0.1, -0.05) is 11.6 Å². The van der Waals surface area contributed by atoms with E-state index in [0.29, 0.717) is 16.8 Å². The Balaban J connectivity index is 1.75. The average molecular weight is 401 g/mol. The van der Waals surface area contributed by atoms with Gasteiger partial charge in [-0.3, -0.25) is 4.68 Å². The third-order valence-corrected chi connectivity index (χ3v) is 5.90. The van der Waals surface area contributed by atoms with Gasteiger partial charge in [0.25, 0.3) is 0 Å². The summed E-state index contributed by atoms with van der Waals surface area (Å²) in [4.78, 5) is 4.29. The molecule has 2 N–H and O–H groups in total. The second-order valence-corrected chi connectivity index (χ2v) is 8.50. The third kappa shape index (κ3) is 2.88. The predicted molar refractivity (Wildman–Crippen MR) is 109 cm³/mol. The number of hydrogen-bond donors (Lipinski definition) is 1. The first kappa shape index (κ1) is 17.9. The number of aromatic nitrogens is 5. The number of nitrogens with zero attached hydrogens (tertiary/aromatic N) is 5. The lowest BCUT2D eigenvalue weighted by atomic mass is 10.1. The number of rotatable bonds is 4. The van der Waals surface area contributed by atoms with Gasteiger partial charge in [-0.2, -0.15) is 10.2 Å². The lowest BCUT2D eigenvalue weighted by Crippen LogP contribution is -2.20. The van der Waals surface area contributed by atoms with Gasteiger partial charge in [-0.05, 0) is 52.0 Å². The normalized spacial score (nSPS) is 20.4. The molecule has 1 saturated heterocycles. The Hall–Kier alpha value is -2.12. The fraction of sp³-hybridized carbons (Fsp3) is 0.550. The molecule has 1 unspecified atom stereocenters.